The molecule has 1 aliphatic heterocycles. The van der Waals surface area contributed by atoms with E-state index in [2.05, 4.69) is 66.7 Å². The highest BCUT2D eigenvalue weighted by Gasteiger charge is 2.26. The van der Waals surface area contributed by atoms with E-state index in [1.54, 1.807) is 0 Å². The van der Waals surface area contributed by atoms with Gasteiger partial charge in [-0.3, -0.25) is 0 Å². The minimum absolute atomic E-state index is 0.748. The van der Waals surface area contributed by atoms with E-state index in [0.717, 1.165) is 32.0 Å². The van der Waals surface area contributed by atoms with Crippen molar-refractivity contribution >= 4 is 47.7 Å². The molecule has 2 nitrogen and oxygen atoms in total. The average molecular weight is 442 g/mol. The fraction of sp³-hybridized carbons (Fsp3) is 0. The van der Waals surface area contributed by atoms with E-state index in [1.165, 1.54) is 26.9 Å². The number of benzene rings is 6. The van der Waals surface area contributed by atoms with Crippen LogP contribution in [0, 0.1) is 0 Å². The van der Waals surface area contributed by atoms with Crippen molar-refractivity contribution in [3.05, 3.63) is 115 Å². The molecule has 1 unspecified atom stereocenters. The summed E-state index contributed by atoms with van der Waals surface area (Å²) in [5.41, 5.74) is 2.81. The molecular formula is C30H19NOS. The van der Waals surface area contributed by atoms with E-state index in [0.29, 0.717) is 0 Å². The molecule has 0 aliphatic carbocycles. The van der Waals surface area contributed by atoms with Crippen molar-refractivity contribution < 1.29 is 4.21 Å². The van der Waals surface area contributed by atoms with Crippen LogP contribution in [0.4, 0.5) is 5.69 Å². The van der Waals surface area contributed by atoms with Gasteiger partial charge in [0.15, 0.2) is 0 Å². The normalized spacial score (nSPS) is 17.0. The van der Waals surface area contributed by atoms with Crippen LogP contribution in [0.1, 0.15) is 0 Å². The molecule has 1 heterocycles. The van der Waals surface area contributed by atoms with Crippen LogP contribution in [-0.4, -0.2) is 4.21 Å². The molecule has 7 rings (SSSR count). The minimum Gasteiger partial charge on any atom is -0.239 e. The van der Waals surface area contributed by atoms with Gasteiger partial charge in [0, 0.05) is 11.1 Å². The van der Waals surface area contributed by atoms with Crippen molar-refractivity contribution in [1.82, 2.24) is 0 Å². The lowest BCUT2D eigenvalue weighted by Gasteiger charge is -2.22. The molecule has 1 atom stereocenters. The van der Waals surface area contributed by atoms with Gasteiger partial charge in [0.2, 0.25) is 0 Å². The Morgan fingerprint density at radius 2 is 1.00 bits per heavy atom. The Labute approximate surface area is 192 Å². The van der Waals surface area contributed by atoms with Gasteiger partial charge in [0.25, 0.3) is 0 Å². The molecule has 0 N–H and O–H groups in total. The van der Waals surface area contributed by atoms with Gasteiger partial charge < -0.3 is 0 Å². The maximum atomic E-state index is 14.7. The topological polar surface area (TPSA) is 29.4 Å². The van der Waals surface area contributed by atoms with Gasteiger partial charge in [-0.25, -0.2) is 4.21 Å². The predicted octanol–water partition coefficient (Wildman–Crippen LogP) is 8.34. The first-order valence-electron chi connectivity index (χ1n) is 11.0. The SMILES string of the molecule is O=S1(c2ccc3c4ccccc4c4ccccc4c3c2)=Nc2ccccc2-c2ccccc21. The summed E-state index contributed by atoms with van der Waals surface area (Å²) >= 11 is 0. The van der Waals surface area contributed by atoms with Crippen molar-refractivity contribution in [2.45, 2.75) is 9.79 Å². The molecule has 156 valence electrons. The van der Waals surface area contributed by atoms with Crippen LogP contribution in [-0.2, 0) is 9.73 Å². The molecular weight excluding hydrogens is 422 g/mol. The third-order valence-corrected chi connectivity index (χ3v) is 8.94. The van der Waals surface area contributed by atoms with Crippen LogP contribution < -0.4 is 0 Å². The van der Waals surface area contributed by atoms with Crippen LogP contribution in [0.15, 0.2) is 129 Å². The molecule has 6 aromatic rings. The van der Waals surface area contributed by atoms with Gasteiger partial charge >= 0.3 is 0 Å². The second kappa shape index (κ2) is 6.77. The third-order valence-electron chi connectivity index (χ3n) is 6.64. The second-order valence-electron chi connectivity index (χ2n) is 8.43. The summed E-state index contributed by atoms with van der Waals surface area (Å²) in [6, 6.07) is 39.1. The Balaban J connectivity index is 1.62. The molecule has 0 fully saturated rings. The van der Waals surface area contributed by atoms with E-state index in [4.69, 9.17) is 4.36 Å². The first-order valence-corrected chi connectivity index (χ1v) is 12.5. The van der Waals surface area contributed by atoms with E-state index >= 15 is 0 Å². The number of fused-ring (bicyclic) bond motifs is 9. The molecule has 33 heavy (non-hydrogen) atoms. The van der Waals surface area contributed by atoms with Crippen molar-refractivity contribution in [3.63, 3.8) is 0 Å². The van der Waals surface area contributed by atoms with Gasteiger partial charge in [-0.1, -0.05) is 91.0 Å². The van der Waals surface area contributed by atoms with Crippen LogP contribution in [0.2, 0.25) is 0 Å². The summed E-state index contributed by atoms with van der Waals surface area (Å²) in [4.78, 5) is 1.53. The number of hydrogen-bond donors (Lipinski definition) is 0. The zero-order valence-electron chi connectivity index (χ0n) is 17.7. The number of rotatable bonds is 1. The van der Waals surface area contributed by atoms with Crippen molar-refractivity contribution in [1.29, 1.82) is 0 Å². The molecule has 0 bridgehead atoms. The Hall–Kier alpha value is -3.95. The van der Waals surface area contributed by atoms with Gasteiger partial charge in [0.1, 0.15) is 9.73 Å². The van der Waals surface area contributed by atoms with Crippen LogP contribution >= 0.6 is 0 Å². The maximum absolute atomic E-state index is 14.7. The monoisotopic (exact) mass is 441 g/mol. The van der Waals surface area contributed by atoms with Crippen LogP contribution in [0.5, 0.6) is 0 Å². The highest BCUT2D eigenvalue weighted by Crippen LogP contribution is 2.45. The van der Waals surface area contributed by atoms with Gasteiger partial charge in [-0.2, -0.15) is 4.36 Å². The highest BCUT2D eigenvalue weighted by atomic mass is 32.2. The fourth-order valence-electron chi connectivity index (χ4n) is 5.14. The Bertz CT molecular complexity index is 1840. The average Bonchev–Trinajstić information content (AvgIpc) is 2.89. The predicted molar refractivity (Wildman–Crippen MR) is 138 cm³/mol. The lowest BCUT2D eigenvalue weighted by Crippen LogP contribution is -2.07. The van der Waals surface area contributed by atoms with E-state index in [9.17, 15) is 4.21 Å². The van der Waals surface area contributed by atoms with Crippen LogP contribution in [0.3, 0.4) is 0 Å². The quantitative estimate of drug-likeness (QED) is 0.235. The van der Waals surface area contributed by atoms with Gasteiger partial charge in [-0.15, -0.1) is 0 Å². The molecule has 0 spiro atoms. The molecule has 1 aliphatic rings. The Morgan fingerprint density at radius 1 is 0.485 bits per heavy atom. The van der Waals surface area contributed by atoms with Crippen molar-refractivity contribution in [3.8, 4) is 11.1 Å². The van der Waals surface area contributed by atoms with Crippen molar-refractivity contribution in [2.75, 3.05) is 0 Å². The van der Waals surface area contributed by atoms with Gasteiger partial charge in [-0.05, 0) is 56.6 Å². The summed E-state index contributed by atoms with van der Waals surface area (Å²) in [5.74, 6) is 0. The first-order chi connectivity index (χ1) is 16.2. The summed E-state index contributed by atoms with van der Waals surface area (Å²) < 4.78 is 19.5. The summed E-state index contributed by atoms with van der Waals surface area (Å²) in [6.07, 6.45) is 0. The van der Waals surface area contributed by atoms with Gasteiger partial charge in [0.05, 0.1) is 15.5 Å². The van der Waals surface area contributed by atoms with Crippen LogP contribution in [0.25, 0.3) is 43.4 Å². The first kappa shape index (κ1) is 18.6. The fourth-order valence-corrected chi connectivity index (χ4v) is 7.30. The summed E-state index contributed by atoms with van der Waals surface area (Å²) in [7, 11) is -2.83. The lowest BCUT2D eigenvalue weighted by molar-refractivity contribution is 0.676. The molecule has 3 heteroatoms. The number of hydrogen-bond acceptors (Lipinski definition) is 2. The highest BCUT2D eigenvalue weighted by molar-refractivity contribution is 7.94. The zero-order valence-corrected chi connectivity index (χ0v) is 18.5. The molecule has 0 radical (unpaired) electrons. The smallest absolute Gasteiger partial charge is 0.109 e. The van der Waals surface area contributed by atoms with E-state index < -0.39 is 9.73 Å². The molecule has 0 saturated carbocycles. The molecule has 0 saturated heterocycles. The number of nitrogens with zero attached hydrogens (tertiary/aromatic N) is 1. The maximum Gasteiger partial charge on any atom is 0.109 e. The molecule has 0 aromatic heterocycles. The standard InChI is InChI=1S/C30H19NOS/c32-33(30-16-8-6-14-27(30)26-13-5-7-15-29(26)31-33)20-17-18-25-23-11-2-1-9-21(23)22-10-3-4-12-24(22)28(25)19-20/h1-19H. The third kappa shape index (κ3) is 2.57. The Morgan fingerprint density at radius 3 is 1.70 bits per heavy atom. The summed E-state index contributed by atoms with van der Waals surface area (Å²) in [6.45, 7) is 0. The van der Waals surface area contributed by atoms with Crippen molar-refractivity contribution in [2.24, 2.45) is 4.36 Å². The second-order valence-corrected chi connectivity index (χ2v) is 10.6. The molecule has 6 aromatic carbocycles. The largest absolute Gasteiger partial charge is 0.239 e. The summed E-state index contributed by atoms with van der Waals surface area (Å²) in [5, 5.41) is 7.09. The van der Waals surface area contributed by atoms with E-state index in [1.807, 2.05) is 48.5 Å². The minimum atomic E-state index is -2.83. The molecule has 0 amide bonds. The zero-order chi connectivity index (χ0) is 22.0. The lowest BCUT2D eigenvalue weighted by atomic mass is 9.94. The Kier molecular flexibility index (Phi) is 3.82. The van der Waals surface area contributed by atoms with E-state index in [-0.39, 0.29) is 0 Å².